The highest BCUT2D eigenvalue weighted by Gasteiger charge is 2.46. The quantitative estimate of drug-likeness (QED) is 0.656. The van der Waals surface area contributed by atoms with Crippen LogP contribution in [0.5, 0.6) is 0 Å². The molecule has 1 atom stereocenters. The van der Waals surface area contributed by atoms with Crippen LogP contribution in [0.1, 0.15) is 6.92 Å². The molecular weight excluding hydrogens is 171 g/mol. The Hall–Kier alpha value is -0.300. The van der Waals surface area contributed by atoms with Gasteiger partial charge >= 0.3 is 0 Å². The van der Waals surface area contributed by atoms with Gasteiger partial charge in [-0.15, -0.1) is 0 Å². The van der Waals surface area contributed by atoms with Gasteiger partial charge in [0.05, 0.1) is 0 Å². The lowest BCUT2D eigenvalue weighted by atomic mass is 10.5. The number of hydrogen-bond donors (Lipinski definition) is 1. The third-order valence-electron chi connectivity index (χ3n) is 0.946. The Morgan fingerprint density at radius 1 is 1.50 bits per heavy atom. The second kappa shape index (κ2) is 2.39. The van der Waals surface area contributed by atoms with Crippen LogP contribution in [0.15, 0.2) is 0 Å². The van der Waals surface area contributed by atoms with E-state index in [4.69, 9.17) is 0 Å². The van der Waals surface area contributed by atoms with Gasteiger partial charge in [0, 0.05) is 0 Å². The molecule has 0 aliphatic rings. The first-order chi connectivity index (χ1) is 4.19. The SMILES string of the molecule is CC(F)(C(F)F)S(N)(=O)=O. The molecule has 0 aromatic carbocycles. The third kappa shape index (κ3) is 1.60. The van der Waals surface area contributed by atoms with Crippen LogP contribution in [0.4, 0.5) is 13.2 Å². The van der Waals surface area contributed by atoms with Crippen LogP contribution < -0.4 is 5.14 Å². The summed E-state index contributed by atoms with van der Waals surface area (Å²) in [5.74, 6) is 0. The van der Waals surface area contributed by atoms with Crippen molar-refractivity contribution >= 4 is 10.0 Å². The van der Waals surface area contributed by atoms with Crippen molar-refractivity contribution in [1.82, 2.24) is 0 Å². The average molecular weight is 177 g/mol. The van der Waals surface area contributed by atoms with Crippen LogP contribution in [0.2, 0.25) is 0 Å². The Bertz CT molecular complexity index is 210. The largest absolute Gasteiger partial charge is 0.287 e. The highest BCUT2D eigenvalue weighted by atomic mass is 32.2. The van der Waals surface area contributed by atoms with Crippen LogP contribution in [-0.2, 0) is 10.0 Å². The number of alkyl halides is 3. The van der Waals surface area contributed by atoms with Gasteiger partial charge in [-0.3, -0.25) is 0 Å². The molecule has 3 nitrogen and oxygen atoms in total. The van der Waals surface area contributed by atoms with Gasteiger partial charge in [-0.05, 0) is 6.92 Å². The Balaban J connectivity index is 4.76. The first kappa shape index (κ1) is 9.70. The van der Waals surface area contributed by atoms with Crippen molar-refractivity contribution in [3.05, 3.63) is 0 Å². The third-order valence-corrected chi connectivity index (χ3v) is 2.24. The van der Waals surface area contributed by atoms with Gasteiger partial charge in [-0.1, -0.05) is 0 Å². The molecule has 0 saturated heterocycles. The zero-order valence-electron chi connectivity index (χ0n) is 5.01. The number of primary sulfonamides is 1. The molecular formula is C3H6F3NO2S. The monoisotopic (exact) mass is 177 g/mol. The molecule has 0 aromatic rings. The summed E-state index contributed by atoms with van der Waals surface area (Å²) in [5, 5.41) is 0.486. The molecule has 0 radical (unpaired) electrons. The molecule has 2 N–H and O–H groups in total. The standard InChI is InChI=1S/C3H6F3NO2S/c1-3(6,2(4)5)10(7,8)9/h2H,1H3,(H2,7,8,9). The first-order valence-electron chi connectivity index (χ1n) is 2.19. The Morgan fingerprint density at radius 3 is 1.80 bits per heavy atom. The summed E-state index contributed by atoms with van der Waals surface area (Å²) in [4.78, 5) is 0. The van der Waals surface area contributed by atoms with Crippen molar-refractivity contribution in [2.24, 2.45) is 5.14 Å². The summed E-state index contributed by atoms with van der Waals surface area (Å²) < 4.78 is 55.2. The maximum atomic E-state index is 12.3. The summed E-state index contributed by atoms with van der Waals surface area (Å²) in [6, 6.07) is 0. The van der Waals surface area contributed by atoms with E-state index < -0.39 is 21.4 Å². The van der Waals surface area contributed by atoms with Crippen molar-refractivity contribution in [2.75, 3.05) is 0 Å². The fourth-order valence-corrected chi connectivity index (χ4v) is 0.373. The number of rotatable bonds is 2. The highest BCUT2D eigenvalue weighted by molar-refractivity contribution is 7.90. The van der Waals surface area contributed by atoms with E-state index >= 15 is 0 Å². The number of sulfonamides is 1. The highest BCUT2D eigenvalue weighted by Crippen LogP contribution is 2.23. The van der Waals surface area contributed by atoms with Crippen LogP contribution in [0.3, 0.4) is 0 Å². The van der Waals surface area contributed by atoms with Crippen molar-refractivity contribution in [1.29, 1.82) is 0 Å². The van der Waals surface area contributed by atoms with Crippen molar-refractivity contribution in [3.63, 3.8) is 0 Å². The Labute approximate surface area is 56.1 Å². The molecule has 0 bridgehead atoms. The van der Waals surface area contributed by atoms with Crippen molar-refractivity contribution in [3.8, 4) is 0 Å². The van der Waals surface area contributed by atoms with E-state index in [0.717, 1.165) is 0 Å². The van der Waals surface area contributed by atoms with Crippen molar-refractivity contribution < 1.29 is 21.6 Å². The molecule has 0 amide bonds. The lowest BCUT2D eigenvalue weighted by Gasteiger charge is -2.15. The second-order valence-corrected chi connectivity index (χ2v) is 3.72. The number of halogens is 3. The van der Waals surface area contributed by atoms with E-state index in [0.29, 0.717) is 0 Å². The predicted molar refractivity (Wildman–Crippen MR) is 28.6 cm³/mol. The van der Waals surface area contributed by atoms with Gasteiger partial charge in [0.15, 0.2) is 0 Å². The minimum absolute atomic E-state index is 0.215. The minimum atomic E-state index is -4.82. The maximum absolute atomic E-state index is 12.3. The molecule has 62 valence electrons. The molecule has 0 aliphatic heterocycles. The normalized spacial score (nSPS) is 19.0. The topological polar surface area (TPSA) is 60.2 Å². The molecule has 10 heavy (non-hydrogen) atoms. The van der Waals surface area contributed by atoms with E-state index in [-0.39, 0.29) is 6.92 Å². The van der Waals surface area contributed by atoms with Crippen LogP contribution in [0, 0.1) is 0 Å². The van der Waals surface area contributed by atoms with Gasteiger partial charge in [-0.25, -0.2) is 26.7 Å². The van der Waals surface area contributed by atoms with Gasteiger partial charge in [0.1, 0.15) is 0 Å². The lowest BCUT2D eigenvalue weighted by Crippen LogP contribution is -2.42. The number of hydrogen-bond acceptors (Lipinski definition) is 2. The zero-order valence-corrected chi connectivity index (χ0v) is 5.83. The summed E-state index contributed by atoms with van der Waals surface area (Å²) in [5.41, 5.74) is 0. The molecule has 0 fully saturated rings. The van der Waals surface area contributed by atoms with Crippen LogP contribution in [-0.4, -0.2) is 19.8 Å². The molecule has 0 aliphatic carbocycles. The molecule has 7 heteroatoms. The molecule has 1 unspecified atom stereocenters. The van der Waals surface area contributed by atoms with Gasteiger partial charge in [0.2, 0.25) is 10.0 Å². The summed E-state index contributed by atoms with van der Waals surface area (Å²) in [7, 11) is -4.82. The van der Waals surface area contributed by atoms with Crippen molar-refractivity contribution in [2.45, 2.75) is 18.3 Å². The molecule has 0 spiro atoms. The fourth-order valence-electron chi connectivity index (χ4n) is 0.124. The van der Waals surface area contributed by atoms with Crippen LogP contribution >= 0.6 is 0 Å². The van der Waals surface area contributed by atoms with E-state index in [1.165, 1.54) is 0 Å². The summed E-state index contributed by atoms with van der Waals surface area (Å²) in [6.07, 6.45) is -3.62. The Morgan fingerprint density at radius 2 is 1.80 bits per heavy atom. The van der Waals surface area contributed by atoms with Gasteiger partial charge in [-0.2, -0.15) is 0 Å². The predicted octanol–water partition coefficient (Wildman–Crippen LogP) is 0.226. The second-order valence-electron chi connectivity index (χ2n) is 1.83. The molecule has 0 aromatic heterocycles. The molecule has 0 heterocycles. The molecule has 0 saturated carbocycles. The fraction of sp³-hybridized carbons (Fsp3) is 1.00. The van der Waals surface area contributed by atoms with Crippen LogP contribution in [0.25, 0.3) is 0 Å². The van der Waals surface area contributed by atoms with E-state index in [1.807, 2.05) is 0 Å². The Kier molecular flexibility index (Phi) is 2.32. The summed E-state index contributed by atoms with van der Waals surface area (Å²) in [6.45, 7) is 0.215. The minimum Gasteiger partial charge on any atom is -0.226 e. The summed E-state index contributed by atoms with van der Waals surface area (Å²) >= 11 is 0. The molecule has 0 rings (SSSR count). The van der Waals surface area contributed by atoms with E-state index in [1.54, 1.807) is 0 Å². The van der Waals surface area contributed by atoms with E-state index in [2.05, 4.69) is 5.14 Å². The lowest BCUT2D eigenvalue weighted by molar-refractivity contribution is 0.0320. The average Bonchev–Trinajstić information content (AvgIpc) is 1.62. The number of nitrogens with two attached hydrogens (primary N) is 1. The first-order valence-corrected chi connectivity index (χ1v) is 3.73. The smallest absolute Gasteiger partial charge is 0.226 e. The zero-order chi connectivity index (χ0) is 8.58. The van der Waals surface area contributed by atoms with Gasteiger partial charge < -0.3 is 0 Å². The maximum Gasteiger partial charge on any atom is 0.287 e. The van der Waals surface area contributed by atoms with E-state index in [9.17, 15) is 21.6 Å². The van der Waals surface area contributed by atoms with Gasteiger partial charge in [0.25, 0.3) is 11.4 Å².